The Bertz CT molecular complexity index is 479. The number of likely N-dealkylation sites (tertiary alicyclic amines) is 1. The van der Waals surface area contributed by atoms with Crippen LogP contribution in [0.25, 0.3) is 0 Å². The molecule has 2 atom stereocenters. The standard InChI is InChI=1S/C14H18ClFN2O/c1-9(17)13-4-2-3-7-18(13)14(19)11-8-10(15)5-6-12(11)16/h5-6,8-9,13H,2-4,7,17H2,1H3/t9-,13+/m1/s1. The highest BCUT2D eigenvalue weighted by Gasteiger charge is 2.31. The highest BCUT2D eigenvalue weighted by Crippen LogP contribution is 2.23. The number of hydrogen-bond donors (Lipinski definition) is 1. The molecule has 2 N–H and O–H groups in total. The largest absolute Gasteiger partial charge is 0.334 e. The van der Waals surface area contributed by atoms with Crippen LogP contribution < -0.4 is 5.73 Å². The van der Waals surface area contributed by atoms with Crippen LogP contribution in [0.4, 0.5) is 4.39 Å². The maximum Gasteiger partial charge on any atom is 0.257 e. The molecule has 0 aliphatic carbocycles. The fraction of sp³-hybridized carbons (Fsp3) is 0.500. The van der Waals surface area contributed by atoms with Gasteiger partial charge in [-0.15, -0.1) is 0 Å². The van der Waals surface area contributed by atoms with E-state index >= 15 is 0 Å². The quantitative estimate of drug-likeness (QED) is 0.908. The number of hydrogen-bond acceptors (Lipinski definition) is 2. The molecule has 5 heteroatoms. The van der Waals surface area contributed by atoms with Gasteiger partial charge in [-0.25, -0.2) is 4.39 Å². The minimum Gasteiger partial charge on any atom is -0.334 e. The molecule has 1 aromatic carbocycles. The molecule has 0 radical (unpaired) electrons. The zero-order valence-electron chi connectivity index (χ0n) is 10.9. The molecule has 1 heterocycles. The minimum atomic E-state index is -0.539. The number of nitrogens with zero attached hydrogens (tertiary/aromatic N) is 1. The van der Waals surface area contributed by atoms with Crippen molar-refractivity contribution in [3.8, 4) is 0 Å². The SMILES string of the molecule is C[C@@H](N)[C@@H]1CCCCN1C(=O)c1cc(Cl)ccc1F. The molecule has 19 heavy (non-hydrogen) atoms. The molecule has 0 aromatic heterocycles. The Balaban J connectivity index is 2.28. The third-order valence-corrected chi connectivity index (χ3v) is 3.81. The van der Waals surface area contributed by atoms with E-state index in [1.165, 1.54) is 18.2 Å². The number of nitrogens with two attached hydrogens (primary N) is 1. The summed E-state index contributed by atoms with van der Waals surface area (Å²) >= 11 is 5.84. The Labute approximate surface area is 117 Å². The lowest BCUT2D eigenvalue weighted by Crippen LogP contribution is -2.51. The van der Waals surface area contributed by atoms with Gasteiger partial charge in [0.05, 0.1) is 5.56 Å². The average Bonchev–Trinajstić information content (AvgIpc) is 2.40. The van der Waals surface area contributed by atoms with Crippen molar-refractivity contribution >= 4 is 17.5 Å². The molecule has 1 aromatic rings. The van der Waals surface area contributed by atoms with Gasteiger partial charge in [-0.05, 0) is 44.4 Å². The van der Waals surface area contributed by atoms with Gasteiger partial charge in [0.2, 0.25) is 0 Å². The van der Waals surface area contributed by atoms with Gasteiger partial charge < -0.3 is 10.6 Å². The molecule has 0 saturated carbocycles. The van der Waals surface area contributed by atoms with Crippen molar-refractivity contribution < 1.29 is 9.18 Å². The summed E-state index contributed by atoms with van der Waals surface area (Å²) in [7, 11) is 0. The Hall–Kier alpha value is -1.13. The summed E-state index contributed by atoms with van der Waals surface area (Å²) in [6, 6.07) is 3.89. The molecule has 1 amide bonds. The van der Waals surface area contributed by atoms with Crippen LogP contribution in [0.2, 0.25) is 5.02 Å². The molecule has 1 saturated heterocycles. The van der Waals surface area contributed by atoms with Crippen molar-refractivity contribution in [1.82, 2.24) is 4.90 Å². The van der Waals surface area contributed by atoms with Crippen LogP contribution in [0.3, 0.4) is 0 Å². The number of rotatable bonds is 2. The van der Waals surface area contributed by atoms with Gasteiger partial charge >= 0.3 is 0 Å². The highest BCUT2D eigenvalue weighted by atomic mass is 35.5. The Kier molecular flexibility index (Phi) is 4.42. The molecule has 0 bridgehead atoms. The van der Waals surface area contributed by atoms with E-state index in [1.807, 2.05) is 6.92 Å². The number of amides is 1. The summed E-state index contributed by atoms with van der Waals surface area (Å²) < 4.78 is 13.8. The second-order valence-electron chi connectivity index (χ2n) is 5.04. The maximum atomic E-state index is 13.8. The Morgan fingerprint density at radius 3 is 2.95 bits per heavy atom. The third-order valence-electron chi connectivity index (χ3n) is 3.58. The normalized spacial score (nSPS) is 21.3. The number of benzene rings is 1. The first-order valence-corrected chi connectivity index (χ1v) is 6.90. The monoisotopic (exact) mass is 284 g/mol. The van der Waals surface area contributed by atoms with Crippen molar-refractivity contribution in [3.05, 3.63) is 34.6 Å². The van der Waals surface area contributed by atoms with Crippen LogP contribution in [0.1, 0.15) is 36.5 Å². The number of carbonyl (C=O) groups is 1. The summed E-state index contributed by atoms with van der Waals surface area (Å²) in [5.74, 6) is -0.856. The molecular formula is C14H18ClFN2O. The van der Waals surface area contributed by atoms with Gasteiger partial charge in [0.1, 0.15) is 5.82 Å². The first-order valence-electron chi connectivity index (χ1n) is 6.52. The minimum absolute atomic E-state index is 0.0278. The molecule has 2 rings (SSSR count). The van der Waals surface area contributed by atoms with Gasteiger partial charge in [-0.3, -0.25) is 4.79 Å². The number of piperidine rings is 1. The maximum absolute atomic E-state index is 13.8. The van der Waals surface area contributed by atoms with Crippen molar-refractivity contribution in [3.63, 3.8) is 0 Å². The van der Waals surface area contributed by atoms with Gasteiger partial charge in [0.25, 0.3) is 5.91 Å². The van der Waals surface area contributed by atoms with E-state index in [4.69, 9.17) is 17.3 Å². The first-order chi connectivity index (χ1) is 9.00. The van der Waals surface area contributed by atoms with Crippen LogP contribution in [0.15, 0.2) is 18.2 Å². The lowest BCUT2D eigenvalue weighted by Gasteiger charge is -2.38. The Morgan fingerprint density at radius 1 is 1.53 bits per heavy atom. The fourth-order valence-corrected chi connectivity index (χ4v) is 2.74. The summed E-state index contributed by atoms with van der Waals surface area (Å²) in [5.41, 5.74) is 5.96. The van der Waals surface area contributed by atoms with Crippen molar-refractivity contribution in [1.29, 1.82) is 0 Å². The lowest BCUT2D eigenvalue weighted by atomic mass is 9.96. The van der Waals surface area contributed by atoms with E-state index in [2.05, 4.69) is 0 Å². The van der Waals surface area contributed by atoms with Gasteiger partial charge in [0, 0.05) is 23.7 Å². The van der Waals surface area contributed by atoms with Gasteiger partial charge in [0.15, 0.2) is 0 Å². The van der Waals surface area contributed by atoms with Crippen LogP contribution in [0.5, 0.6) is 0 Å². The van der Waals surface area contributed by atoms with Crippen LogP contribution in [-0.2, 0) is 0 Å². The highest BCUT2D eigenvalue weighted by molar-refractivity contribution is 6.31. The second-order valence-corrected chi connectivity index (χ2v) is 5.48. The zero-order chi connectivity index (χ0) is 14.0. The van der Waals surface area contributed by atoms with Gasteiger partial charge in [-0.2, -0.15) is 0 Å². The molecular weight excluding hydrogens is 267 g/mol. The second kappa shape index (κ2) is 5.88. The van der Waals surface area contributed by atoms with E-state index < -0.39 is 5.82 Å². The molecule has 1 aliphatic rings. The molecule has 104 valence electrons. The third kappa shape index (κ3) is 3.07. The van der Waals surface area contributed by atoms with Crippen molar-refractivity contribution in [2.24, 2.45) is 5.73 Å². The fourth-order valence-electron chi connectivity index (χ4n) is 2.57. The predicted molar refractivity (Wildman–Crippen MR) is 73.7 cm³/mol. The number of carbonyl (C=O) groups excluding carboxylic acids is 1. The molecule has 0 spiro atoms. The van der Waals surface area contributed by atoms with E-state index in [1.54, 1.807) is 4.90 Å². The van der Waals surface area contributed by atoms with Crippen LogP contribution in [-0.4, -0.2) is 29.4 Å². The van der Waals surface area contributed by atoms with Crippen LogP contribution in [0, 0.1) is 5.82 Å². The van der Waals surface area contributed by atoms with Gasteiger partial charge in [-0.1, -0.05) is 11.6 Å². The number of halogens is 2. The molecule has 3 nitrogen and oxygen atoms in total. The van der Waals surface area contributed by atoms with E-state index in [0.717, 1.165) is 19.3 Å². The summed E-state index contributed by atoms with van der Waals surface area (Å²) in [4.78, 5) is 14.1. The van der Waals surface area contributed by atoms with Crippen molar-refractivity contribution in [2.45, 2.75) is 38.3 Å². The summed E-state index contributed by atoms with van der Waals surface area (Å²) in [6.07, 6.45) is 2.84. The van der Waals surface area contributed by atoms with Crippen LogP contribution >= 0.6 is 11.6 Å². The summed E-state index contributed by atoms with van der Waals surface area (Å²) in [5, 5.41) is 0.360. The van der Waals surface area contributed by atoms with E-state index in [9.17, 15) is 9.18 Å². The smallest absolute Gasteiger partial charge is 0.257 e. The average molecular weight is 285 g/mol. The zero-order valence-corrected chi connectivity index (χ0v) is 11.7. The first kappa shape index (κ1) is 14.3. The van der Waals surface area contributed by atoms with E-state index in [-0.39, 0.29) is 23.6 Å². The Morgan fingerprint density at radius 2 is 2.26 bits per heavy atom. The molecule has 0 unspecified atom stereocenters. The van der Waals surface area contributed by atoms with Crippen molar-refractivity contribution in [2.75, 3.05) is 6.54 Å². The van der Waals surface area contributed by atoms with E-state index in [0.29, 0.717) is 11.6 Å². The lowest BCUT2D eigenvalue weighted by molar-refractivity contribution is 0.0579. The molecule has 1 fully saturated rings. The topological polar surface area (TPSA) is 46.3 Å². The molecule has 1 aliphatic heterocycles. The predicted octanol–water partition coefficient (Wildman–Crippen LogP) is 2.82. The summed E-state index contributed by atoms with van der Waals surface area (Å²) in [6.45, 7) is 2.50.